The third-order valence-corrected chi connectivity index (χ3v) is 5.46. The van der Waals surface area contributed by atoms with Crippen molar-refractivity contribution in [2.45, 2.75) is 45.8 Å². The van der Waals surface area contributed by atoms with Gasteiger partial charge in [0, 0.05) is 27.1 Å². The van der Waals surface area contributed by atoms with E-state index >= 15 is 0 Å². The second kappa shape index (κ2) is 11.6. The minimum atomic E-state index is -0.653. The number of rotatable bonds is 9. The van der Waals surface area contributed by atoms with E-state index in [1.54, 1.807) is 30.3 Å². The Morgan fingerprint density at radius 1 is 1.13 bits per heavy atom. The van der Waals surface area contributed by atoms with Gasteiger partial charge in [0.1, 0.15) is 11.8 Å². The Morgan fingerprint density at radius 2 is 1.80 bits per heavy atom. The first-order valence-electron chi connectivity index (χ1n) is 9.63. The molecule has 0 saturated heterocycles. The third-order valence-electron chi connectivity index (χ3n) is 4.35. The number of nitrogens with zero attached hydrogens (tertiary/aromatic N) is 1. The van der Waals surface area contributed by atoms with Gasteiger partial charge in [0.05, 0.1) is 0 Å². The predicted molar refractivity (Wildman–Crippen MR) is 124 cm³/mol. The van der Waals surface area contributed by atoms with Crippen LogP contribution in [0.25, 0.3) is 0 Å². The van der Waals surface area contributed by atoms with E-state index in [1.807, 2.05) is 32.9 Å². The van der Waals surface area contributed by atoms with E-state index in [9.17, 15) is 9.59 Å². The van der Waals surface area contributed by atoms with Crippen molar-refractivity contribution in [2.24, 2.45) is 0 Å². The van der Waals surface area contributed by atoms with Crippen molar-refractivity contribution in [3.63, 3.8) is 0 Å². The van der Waals surface area contributed by atoms with Crippen LogP contribution in [0.4, 0.5) is 0 Å². The van der Waals surface area contributed by atoms with E-state index < -0.39 is 6.04 Å². The number of ether oxygens (including phenoxy) is 1. The van der Waals surface area contributed by atoms with E-state index in [2.05, 4.69) is 21.2 Å². The fourth-order valence-corrected chi connectivity index (χ4v) is 3.63. The molecule has 0 aliphatic heterocycles. The summed E-state index contributed by atoms with van der Waals surface area (Å²) in [5, 5.41) is 3.83. The van der Waals surface area contributed by atoms with E-state index in [-0.39, 0.29) is 31.0 Å². The molecule has 0 aliphatic carbocycles. The van der Waals surface area contributed by atoms with Gasteiger partial charge >= 0.3 is 0 Å². The van der Waals surface area contributed by atoms with Crippen molar-refractivity contribution in [1.29, 1.82) is 0 Å². The van der Waals surface area contributed by atoms with Gasteiger partial charge < -0.3 is 15.0 Å². The maximum Gasteiger partial charge on any atom is 0.261 e. The van der Waals surface area contributed by atoms with Gasteiger partial charge in [-0.05, 0) is 62.2 Å². The van der Waals surface area contributed by atoms with E-state index in [1.165, 1.54) is 4.90 Å². The quantitative estimate of drug-likeness (QED) is 0.482. The Kier molecular flexibility index (Phi) is 9.46. The van der Waals surface area contributed by atoms with Gasteiger partial charge in [0.2, 0.25) is 5.91 Å². The normalized spacial score (nSPS) is 11.8. The Hall–Kier alpha value is -1.76. The highest BCUT2D eigenvalue weighted by molar-refractivity contribution is 9.10. The Balaban J connectivity index is 2.24. The maximum atomic E-state index is 13.1. The molecule has 1 atom stereocenters. The second-order valence-corrected chi connectivity index (χ2v) is 8.85. The summed E-state index contributed by atoms with van der Waals surface area (Å²) in [6.45, 7) is 5.59. The van der Waals surface area contributed by atoms with Crippen LogP contribution in [0.2, 0.25) is 10.0 Å². The van der Waals surface area contributed by atoms with Crippen molar-refractivity contribution in [2.75, 3.05) is 6.61 Å². The van der Waals surface area contributed by atoms with Gasteiger partial charge in [-0.15, -0.1) is 0 Å². The Bertz CT molecular complexity index is 875. The lowest BCUT2D eigenvalue weighted by molar-refractivity contribution is -0.143. The SMILES string of the molecule is CC[C@@H](C(=O)NC(C)C)N(Cc1ccc(Cl)cc1Cl)C(=O)COc1ccc(Br)cc1. The number of carbonyl (C=O) groups excluding carboxylic acids is 2. The molecule has 1 N–H and O–H groups in total. The summed E-state index contributed by atoms with van der Waals surface area (Å²) in [5.74, 6) is 0.0416. The molecule has 2 amide bonds. The summed E-state index contributed by atoms with van der Waals surface area (Å²) in [5.41, 5.74) is 0.703. The van der Waals surface area contributed by atoms with Gasteiger partial charge in [-0.1, -0.05) is 52.1 Å². The standard InChI is InChI=1S/C22H25BrCl2N2O3/c1-4-20(22(29)26-14(2)3)27(12-15-5-8-17(24)11-19(15)25)21(28)13-30-18-9-6-16(23)7-10-18/h5-11,14,20H,4,12-13H2,1-3H3,(H,26,29)/t20-/m0/s1. The fourth-order valence-electron chi connectivity index (χ4n) is 2.89. The molecule has 0 unspecified atom stereocenters. The molecule has 0 aliphatic rings. The zero-order valence-corrected chi connectivity index (χ0v) is 20.2. The van der Waals surface area contributed by atoms with Crippen LogP contribution in [0.3, 0.4) is 0 Å². The lowest BCUT2D eigenvalue weighted by atomic mass is 10.1. The molecular formula is C22H25BrCl2N2O3. The van der Waals surface area contributed by atoms with Crippen molar-refractivity contribution in [1.82, 2.24) is 10.2 Å². The number of hydrogen-bond acceptors (Lipinski definition) is 3. The average molecular weight is 516 g/mol. The van der Waals surface area contributed by atoms with Gasteiger partial charge in [-0.25, -0.2) is 0 Å². The fraction of sp³-hybridized carbons (Fsp3) is 0.364. The van der Waals surface area contributed by atoms with Gasteiger partial charge in [-0.3, -0.25) is 9.59 Å². The number of nitrogens with one attached hydrogen (secondary N) is 1. The Morgan fingerprint density at radius 3 is 2.37 bits per heavy atom. The molecular weight excluding hydrogens is 491 g/mol. The second-order valence-electron chi connectivity index (χ2n) is 7.09. The first kappa shape index (κ1) is 24.5. The molecule has 0 bridgehead atoms. The van der Waals surface area contributed by atoms with Crippen LogP contribution >= 0.6 is 39.1 Å². The van der Waals surface area contributed by atoms with Crippen LogP contribution in [0.5, 0.6) is 5.75 Å². The predicted octanol–water partition coefficient (Wildman–Crippen LogP) is 5.47. The summed E-state index contributed by atoms with van der Waals surface area (Å²) in [6.07, 6.45) is 0.452. The molecule has 0 spiro atoms. The molecule has 0 radical (unpaired) electrons. The minimum absolute atomic E-state index is 0.0402. The van der Waals surface area contributed by atoms with Crippen LogP contribution in [0, 0.1) is 0 Å². The van der Waals surface area contributed by atoms with E-state index in [4.69, 9.17) is 27.9 Å². The van der Waals surface area contributed by atoms with Gasteiger partial charge in [0.25, 0.3) is 5.91 Å². The van der Waals surface area contributed by atoms with Crippen LogP contribution in [-0.2, 0) is 16.1 Å². The first-order chi connectivity index (χ1) is 14.2. The molecule has 0 heterocycles. The first-order valence-corrected chi connectivity index (χ1v) is 11.2. The molecule has 162 valence electrons. The molecule has 2 rings (SSSR count). The molecule has 30 heavy (non-hydrogen) atoms. The minimum Gasteiger partial charge on any atom is -0.484 e. The summed E-state index contributed by atoms with van der Waals surface area (Å²) >= 11 is 15.7. The number of halogens is 3. The van der Waals surface area contributed by atoms with Crippen LogP contribution in [-0.4, -0.2) is 35.4 Å². The average Bonchev–Trinajstić information content (AvgIpc) is 2.68. The van der Waals surface area contributed by atoms with Crippen LogP contribution in [0.15, 0.2) is 46.9 Å². The lowest BCUT2D eigenvalue weighted by Gasteiger charge is -2.31. The third kappa shape index (κ3) is 7.18. The summed E-state index contributed by atoms with van der Waals surface area (Å²) in [6, 6.07) is 11.6. The van der Waals surface area contributed by atoms with Crippen molar-refractivity contribution in [3.8, 4) is 5.75 Å². The topological polar surface area (TPSA) is 58.6 Å². The van der Waals surface area contributed by atoms with Gasteiger partial charge in [0.15, 0.2) is 6.61 Å². The molecule has 0 fully saturated rings. The lowest BCUT2D eigenvalue weighted by Crippen LogP contribution is -2.51. The zero-order valence-electron chi connectivity index (χ0n) is 17.1. The zero-order chi connectivity index (χ0) is 22.3. The number of hydrogen-bond donors (Lipinski definition) is 1. The largest absolute Gasteiger partial charge is 0.484 e. The monoisotopic (exact) mass is 514 g/mol. The summed E-state index contributed by atoms with van der Waals surface area (Å²) < 4.78 is 6.56. The van der Waals surface area contributed by atoms with E-state index in [0.717, 1.165) is 4.47 Å². The van der Waals surface area contributed by atoms with Gasteiger partial charge in [-0.2, -0.15) is 0 Å². The molecule has 0 saturated carbocycles. The summed E-state index contributed by atoms with van der Waals surface area (Å²) in [4.78, 5) is 27.4. The molecule has 8 heteroatoms. The van der Waals surface area contributed by atoms with Crippen LogP contribution in [0.1, 0.15) is 32.8 Å². The Labute approximate surface area is 195 Å². The van der Waals surface area contributed by atoms with Crippen molar-refractivity contribution >= 4 is 50.9 Å². The molecule has 2 aromatic carbocycles. The summed E-state index contributed by atoms with van der Waals surface area (Å²) in [7, 11) is 0. The number of benzene rings is 2. The van der Waals surface area contributed by atoms with Crippen molar-refractivity contribution in [3.05, 3.63) is 62.5 Å². The van der Waals surface area contributed by atoms with Crippen molar-refractivity contribution < 1.29 is 14.3 Å². The van der Waals surface area contributed by atoms with Crippen LogP contribution < -0.4 is 10.1 Å². The molecule has 5 nitrogen and oxygen atoms in total. The molecule has 0 aromatic heterocycles. The van der Waals surface area contributed by atoms with E-state index in [0.29, 0.717) is 27.8 Å². The highest BCUT2D eigenvalue weighted by Crippen LogP contribution is 2.24. The smallest absolute Gasteiger partial charge is 0.261 e. The highest BCUT2D eigenvalue weighted by Gasteiger charge is 2.29. The highest BCUT2D eigenvalue weighted by atomic mass is 79.9. The number of amides is 2. The maximum absolute atomic E-state index is 13.1. The number of carbonyl (C=O) groups is 2. The molecule has 2 aromatic rings.